The highest BCUT2D eigenvalue weighted by atomic mass is 19.4. The lowest BCUT2D eigenvalue weighted by Crippen LogP contribution is -2.56. The fourth-order valence-corrected chi connectivity index (χ4v) is 2.92. The van der Waals surface area contributed by atoms with E-state index in [0.717, 1.165) is 14.0 Å². The molecule has 0 aliphatic heterocycles. The first-order valence-corrected chi connectivity index (χ1v) is 7.88. The average molecular weight is 394 g/mol. The van der Waals surface area contributed by atoms with Crippen molar-refractivity contribution >= 4 is 0 Å². The Morgan fingerprint density at radius 2 is 1.22 bits per heavy atom. The first-order chi connectivity index (χ1) is 12.4. The van der Waals surface area contributed by atoms with Crippen molar-refractivity contribution in [1.29, 1.82) is 0 Å². The van der Waals surface area contributed by atoms with Gasteiger partial charge in [-0.1, -0.05) is 54.6 Å². The minimum absolute atomic E-state index is 0.0224. The van der Waals surface area contributed by atoms with E-state index in [1.807, 2.05) is 0 Å². The Morgan fingerprint density at radius 3 is 1.70 bits per heavy atom. The van der Waals surface area contributed by atoms with Gasteiger partial charge < -0.3 is 4.74 Å². The second-order valence-electron chi connectivity index (χ2n) is 6.32. The Labute approximate surface area is 151 Å². The summed E-state index contributed by atoms with van der Waals surface area (Å²) in [6.07, 6.45) is -14.3. The van der Waals surface area contributed by atoms with E-state index in [0.29, 0.717) is 11.1 Å². The van der Waals surface area contributed by atoms with Gasteiger partial charge in [0.05, 0.1) is 5.60 Å². The second-order valence-corrected chi connectivity index (χ2v) is 6.32. The van der Waals surface area contributed by atoms with Crippen LogP contribution in [0.5, 0.6) is 0 Å². The van der Waals surface area contributed by atoms with Crippen LogP contribution in [-0.4, -0.2) is 25.1 Å². The predicted octanol–water partition coefficient (Wildman–Crippen LogP) is 6.44. The van der Waals surface area contributed by atoms with Crippen molar-refractivity contribution in [2.45, 2.75) is 37.0 Å². The highest BCUT2D eigenvalue weighted by Crippen LogP contribution is 2.53. The number of ether oxygens (including phenoxy) is 1. The molecule has 2 rings (SSSR count). The van der Waals surface area contributed by atoms with Crippen LogP contribution in [0, 0.1) is 0 Å². The van der Waals surface area contributed by atoms with Crippen LogP contribution in [0.15, 0.2) is 54.6 Å². The number of halogens is 7. The van der Waals surface area contributed by atoms with Crippen molar-refractivity contribution in [2.75, 3.05) is 7.11 Å². The third-order valence-electron chi connectivity index (χ3n) is 4.51. The normalized spacial score (nSPS) is 15.4. The van der Waals surface area contributed by atoms with Gasteiger partial charge in [0.15, 0.2) is 0 Å². The highest BCUT2D eigenvalue weighted by molar-refractivity contribution is 5.68. The fraction of sp³-hybridized carbons (Fsp3) is 0.368. The van der Waals surface area contributed by atoms with Crippen molar-refractivity contribution in [3.8, 4) is 11.1 Å². The van der Waals surface area contributed by atoms with Crippen LogP contribution in [-0.2, 0) is 10.3 Å². The zero-order valence-electron chi connectivity index (χ0n) is 14.5. The van der Waals surface area contributed by atoms with Crippen molar-refractivity contribution in [1.82, 2.24) is 0 Å². The summed E-state index contributed by atoms with van der Waals surface area (Å²) in [5.74, 6) is 0. The molecule has 0 saturated heterocycles. The minimum Gasteiger partial charge on any atom is -0.374 e. The molecule has 0 heterocycles. The molecule has 1 unspecified atom stereocenters. The quantitative estimate of drug-likeness (QED) is 0.531. The largest absolute Gasteiger partial charge is 0.431 e. The van der Waals surface area contributed by atoms with Crippen molar-refractivity contribution < 1.29 is 35.5 Å². The molecule has 0 saturated carbocycles. The maximum atomic E-state index is 14.4. The fourth-order valence-electron chi connectivity index (χ4n) is 2.92. The van der Waals surface area contributed by atoms with Crippen LogP contribution in [0.3, 0.4) is 0 Å². The highest BCUT2D eigenvalue weighted by Gasteiger charge is 2.74. The summed E-state index contributed by atoms with van der Waals surface area (Å²) in [6, 6.07) is 14.2. The van der Waals surface area contributed by atoms with Gasteiger partial charge in [0.25, 0.3) is 0 Å². The summed E-state index contributed by atoms with van der Waals surface area (Å²) in [5.41, 5.74) is -6.68. The first kappa shape index (κ1) is 21.2. The van der Waals surface area contributed by atoms with Crippen LogP contribution in [0.25, 0.3) is 11.1 Å². The molecule has 1 atom stereocenters. The predicted molar refractivity (Wildman–Crippen MR) is 86.8 cm³/mol. The summed E-state index contributed by atoms with van der Waals surface area (Å²) < 4.78 is 97.7. The van der Waals surface area contributed by atoms with Gasteiger partial charge >= 0.3 is 18.0 Å². The lowest BCUT2D eigenvalue weighted by molar-refractivity contribution is -0.353. The number of methoxy groups -OCH3 is 1. The molecule has 148 valence electrons. The number of hydrogen-bond donors (Lipinski definition) is 0. The molecule has 0 amide bonds. The van der Waals surface area contributed by atoms with Gasteiger partial charge in [-0.05, 0) is 23.6 Å². The van der Waals surface area contributed by atoms with Crippen LogP contribution < -0.4 is 0 Å². The Balaban J connectivity index is 2.62. The maximum Gasteiger partial charge on any atom is 0.431 e. The number of alkyl halides is 7. The van der Waals surface area contributed by atoms with E-state index >= 15 is 0 Å². The molecule has 0 bridgehead atoms. The molecule has 0 aromatic heterocycles. The molecule has 1 nitrogen and oxygen atoms in total. The van der Waals surface area contributed by atoms with Gasteiger partial charge in [0.1, 0.15) is 0 Å². The third-order valence-corrected chi connectivity index (χ3v) is 4.51. The standard InChI is InChI=1S/C19H17F7O/c1-16(27-2,12-17(20,18(21,22)23)19(24,25)26)15-11-7-6-10-14(15)13-8-4-3-5-9-13/h3-11H,12H2,1-2H3. The van der Waals surface area contributed by atoms with Gasteiger partial charge in [-0.15, -0.1) is 0 Å². The number of rotatable bonds is 5. The molecule has 0 N–H and O–H groups in total. The first-order valence-electron chi connectivity index (χ1n) is 7.88. The summed E-state index contributed by atoms with van der Waals surface area (Å²) in [5, 5.41) is 0. The molecule has 2 aromatic carbocycles. The SMILES string of the molecule is COC(C)(CC(F)(C(F)(F)F)C(F)(F)F)c1ccccc1-c1ccccc1. The minimum atomic E-state index is -6.15. The van der Waals surface area contributed by atoms with Gasteiger partial charge in [-0.2, -0.15) is 26.3 Å². The van der Waals surface area contributed by atoms with Crippen LogP contribution in [0.2, 0.25) is 0 Å². The van der Waals surface area contributed by atoms with E-state index in [4.69, 9.17) is 4.74 Å². The van der Waals surface area contributed by atoms with Gasteiger partial charge in [0, 0.05) is 13.5 Å². The summed E-state index contributed by atoms with van der Waals surface area (Å²) in [7, 11) is 0.953. The van der Waals surface area contributed by atoms with Crippen LogP contribution in [0.1, 0.15) is 18.9 Å². The number of hydrogen-bond acceptors (Lipinski definition) is 1. The third kappa shape index (κ3) is 3.95. The zero-order valence-corrected chi connectivity index (χ0v) is 14.5. The molecule has 0 spiro atoms. The van der Waals surface area contributed by atoms with Crippen molar-refractivity contribution in [2.24, 2.45) is 0 Å². The van der Waals surface area contributed by atoms with Crippen molar-refractivity contribution in [3.05, 3.63) is 60.2 Å². The Hall–Kier alpha value is -2.09. The molecule has 27 heavy (non-hydrogen) atoms. The summed E-state index contributed by atoms with van der Waals surface area (Å²) in [6.45, 7) is 1.01. The molecule has 0 fully saturated rings. The number of benzene rings is 2. The lowest BCUT2D eigenvalue weighted by Gasteiger charge is -2.39. The van der Waals surface area contributed by atoms with Gasteiger partial charge in [0.2, 0.25) is 0 Å². The molecule has 0 radical (unpaired) electrons. The Bertz CT molecular complexity index is 754. The van der Waals surface area contributed by atoms with Crippen molar-refractivity contribution in [3.63, 3.8) is 0 Å². The Kier molecular flexibility index (Phi) is 5.61. The molecule has 0 aliphatic carbocycles. The topological polar surface area (TPSA) is 9.23 Å². The molecule has 2 aromatic rings. The molecular weight excluding hydrogens is 377 g/mol. The van der Waals surface area contributed by atoms with E-state index in [2.05, 4.69) is 0 Å². The smallest absolute Gasteiger partial charge is 0.374 e. The molecular formula is C19H17F7O. The van der Waals surface area contributed by atoms with Crippen LogP contribution in [0.4, 0.5) is 30.7 Å². The van der Waals surface area contributed by atoms with E-state index in [1.54, 1.807) is 36.4 Å². The van der Waals surface area contributed by atoms with E-state index in [1.165, 1.54) is 18.2 Å². The van der Waals surface area contributed by atoms with E-state index in [9.17, 15) is 30.7 Å². The van der Waals surface area contributed by atoms with E-state index in [-0.39, 0.29) is 5.56 Å². The van der Waals surface area contributed by atoms with Gasteiger partial charge in [-0.25, -0.2) is 4.39 Å². The lowest BCUT2D eigenvalue weighted by atomic mass is 9.80. The monoisotopic (exact) mass is 394 g/mol. The van der Waals surface area contributed by atoms with E-state index < -0.39 is 30.0 Å². The maximum absolute atomic E-state index is 14.4. The zero-order chi connectivity index (χ0) is 20.5. The van der Waals surface area contributed by atoms with Gasteiger partial charge in [-0.3, -0.25) is 0 Å². The van der Waals surface area contributed by atoms with Crippen LogP contribution >= 0.6 is 0 Å². The average Bonchev–Trinajstić information content (AvgIpc) is 2.60. The summed E-state index contributed by atoms with van der Waals surface area (Å²) in [4.78, 5) is 0. The Morgan fingerprint density at radius 1 is 0.741 bits per heavy atom. The molecule has 8 heteroatoms. The second kappa shape index (κ2) is 7.14. The summed E-state index contributed by atoms with van der Waals surface area (Å²) >= 11 is 0. The molecule has 0 aliphatic rings.